The summed E-state index contributed by atoms with van der Waals surface area (Å²) < 4.78 is 6.40. The summed E-state index contributed by atoms with van der Waals surface area (Å²) in [7, 11) is 4.21. The van der Waals surface area contributed by atoms with Crippen LogP contribution in [0.3, 0.4) is 0 Å². The number of fused-ring (bicyclic) bond motifs is 2. The third-order valence-corrected chi connectivity index (χ3v) is 4.15. The van der Waals surface area contributed by atoms with Gasteiger partial charge >= 0.3 is 0 Å². The molecule has 0 spiro atoms. The molecule has 2 aromatic rings. The summed E-state index contributed by atoms with van der Waals surface area (Å²) in [6.45, 7) is 4.12. The number of benzene rings is 2. The monoisotopic (exact) mass is 296 g/mol. The van der Waals surface area contributed by atoms with Crippen molar-refractivity contribution in [3.8, 4) is 5.75 Å². The molecule has 0 bridgehead atoms. The van der Waals surface area contributed by atoms with Crippen molar-refractivity contribution in [1.82, 2.24) is 4.90 Å². The van der Waals surface area contributed by atoms with Gasteiger partial charge in [0.05, 0.1) is 5.69 Å². The molecule has 0 saturated heterocycles. The molecule has 3 nitrogen and oxygen atoms in total. The first-order chi connectivity index (χ1) is 10.7. The molecule has 1 aliphatic heterocycles. The Labute approximate surface area is 133 Å². The van der Waals surface area contributed by atoms with Crippen molar-refractivity contribution in [2.75, 3.05) is 32.1 Å². The standard InChI is InChI=1S/C19H24N2O/c1-4-21-16-10-6-5-9-15(16)18(13-14-20(2)3)22-19-12-8-7-11-17(19)21/h5-12,18H,4,13-14H2,1-3H3. The Balaban J connectivity index is 2.07. The average Bonchev–Trinajstić information content (AvgIpc) is 2.67. The predicted octanol–water partition coefficient (Wildman–Crippen LogP) is 4.23. The van der Waals surface area contributed by atoms with Gasteiger partial charge in [-0.1, -0.05) is 30.3 Å². The van der Waals surface area contributed by atoms with Gasteiger partial charge in [-0.25, -0.2) is 0 Å². The fourth-order valence-corrected chi connectivity index (χ4v) is 3.06. The fourth-order valence-electron chi connectivity index (χ4n) is 3.06. The van der Waals surface area contributed by atoms with E-state index in [9.17, 15) is 0 Å². The summed E-state index contributed by atoms with van der Waals surface area (Å²) in [6, 6.07) is 17.0. The Hall–Kier alpha value is -2.00. The highest BCUT2D eigenvalue weighted by atomic mass is 16.5. The minimum Gasteiger partial charge on any atom is -0.483 e. The van der Waals surface area contributed by atoms with Crippen LogP contribution in [0.25, 0.3) is 0 Å². The van der Waals surface area contributed by atoms with E-state index in [1.54, 1.807) is 0 Å². The molecule has 3 heteroatoms. The summed E-state index contributed by atoms with van der Waals surface area (Å²) in [5.74, 6) is 0.976. The highest BCUT2D eigenvalue weighted by Crippen LogP contribution is 2.43. The molecular weight excluding hydrogens is 272 g/mol. The Morgan fingerprint density at radius 3 is 2.41 bits per heavy atom. The molecule has 0 amide bonds. The lowest BCUT2D eigenvalue weighted by molar-refractivity contribution is 0.183. The van der Waals surface area contributed by atoms with Crippen LogP contribution in [-0.2, 0) is 0 Å². The second-order valence-corrected chi connectivity index (χ2v) is 5.97. The van der Waals surface area contributed by atoms with E-state index in [4.69, 9.17) is 4.74 Å². The van der Waals surface area contributed by atoms with E-state index in [0.717, 1.165) is 30.9 Å². The van der Waals surface area contributed by atoms with Crippen LogP contribution in [0.5, 0.6) is 5.75 Å². The Bertz CT molecular complexity index is 639. The molecule has 22 heavy (non-hydrogen) atoms. The van der Waals surface area contributed by atoms with Crippen molar-refractivity contribution >= 4 is 11.4 Å². The Morgan fingerprint density at radius 1 is 1.00 bits per heavy atom. The number of nitrogens with zero attached hydrogens (tertiary/aromatic N) is 2. The third kappa shape index (κ3) is 2.81. The van der Waals surface area contributed by atoms with Crippen molar-refractivity contribution in [2.24, 2.45) is 0 Å². The molecule has 0 radical (unpaired) electrons. The third-order valence-electron chi connectivity index (χ3n) is 4.15. The van der Waals surface area contributed by atoms with Crippen LogP contribution >= 0.6 is 0 Å². The van der Waals surface area contributed by atoms with Crippen molar-refractivity contribution < 1.29 is 4.74 Å². The van der Waals surface area contributed by atoms with Crippen LogP contribution in [0.15, 0.2) is 48.5 Å². The lowest BCUT2D eigenvalue weighted by atomic mass is 10.0. The first-order valence-corrected chi connectivity index (χ1v) is 7.97. The lowest BCUT2D eigenvalue weighted by Crippen LogP contribution is -2.19. The second kappa shape index (κ2) is 6.41. The average molecular weight is 296 g/mol. The van der Waals surface area contributed by atoms with Gasteiger partial charge in [-0.05, 0) is 39.2 Å². The van der Waals surface area contributed by atoms with Gasteiger partial charge in [0.15, 0.2) is 0 Å². The summed E-state index contributed by atoms with van der Waals surface area (Å²) in [5, 5.41) is 0. The van der Waals surface area contributed by atoms with Crippen LogP contribution in [0.4, 0.5) is 11.4 Å². The summed E-state index contributed by atoms with van der Waals surface area (Å²) in [6.07, 6.45) is 1.08. The molecule has 116 valence electrons. The molecule has 1 heterocycles. The van der Waals surface area contributed by atoms with Gasteiger partial charge in [0.25, 0.3) is 0 Å². The molecule has 0 fully saturated rings. The van der Waals surface area contributed by atoms with Crippen LogP contribution in [0.1, 0.15) is 25.0 Å². The molecule has 1 unspecified atom stereocenters. The maximum absolute atomic E-state index is 6.40. The summed E-state index contributed by atoms with van der Waals surface area (Å²) in [4.78, 5) is 4.56. The highest BCUT2D eigenvalue weighted by molar-refractivity contribution is 5.73. The number of hydrogen-bond acceptors (Lipinski definition) is 3. The van der Waals surface area contributed by atoms with E-state index in [1.165, 1.54) is 11.3 Å². The molecule has 1 atom stereocenters. The van der Waals surface area contributed by atoms with E-state index in [-0.39, 0.29) is 6.10 Å². The van der Waals surface area contributed by atoms with Crippen molar-refractivity contribution in [3.05, 3.63) is 54.1 Å². The van der Waals surface area contributed by atoms with Crippen LogP contribution < -0.4 is 9.64 Å². The molecular formula is C19H24N2O. The van der Waals surface area contributed by atoms with Gasteiger partial charge in [-0.15, -0.1) is 0 Å². The number of ether oxygens (including phenoxy) is 1. The number of hydrogen-bond donors (Lipinski definition) is 0. The summed E-state index contributed by atoms with van der Waals surface area (Å²) in [5.41, 5.74) is 3.70. The van der Waals surface area contributed by atoms with E-state index in [1.807, 2.05) is 6.07 Å². The zero-order valence-electron chi connectivity index (χ0n) is 13.6. The largest absolute Gasteiger partial charge is 0.483 e. The van der Waals surface area contributed by atoms with E-state index >= 15 is 0 Å². The predicted molar refractivity (Wildman–Crippen MR) is 92.1 cm³/mol. The number of para-hydroxylation sites is 3. The van der Waals surface area contributed by atoms with Gasteiger partial charge in [-0.2, -0.15) is 0 Å². The molecule has 2 aromatic carbocycles. The van der Waals surface area contributed by atoms with Crippen molar-refractivity contribution in [3.63, 3.8) is 0 Å². The maximum atomic E-state index is 6.40. The quantitative estimate of drug-likeness (QED) is 0.839. The molecule has 3 rings (SSSR count). The van der Waals surface area contributed by atoms with Gasteiger partial charge < -0.3 is 14.5 Å². The Kier molecular flexibility index (Phi) is 4.34. The first-order valence-electron chi connectivity index (χ1n) is 7.97. The first kappa shape index (κ1) is 14.9. The van der Waals surface area contributed by atoms with E-state index in [2.05, 4.69) is 73.3 Å². The second-order valence-electron chi connectivity index (χ2n) is 5.97. The molecule has 0 N–H and O–H groups in total. The van der Waals surface area contributed by atoms with Crippen molar-refractivity contribution in [1.29, 1.82) is 0 Å². The molecule has 0 aliphatic carbocycles. The zero-order chi connectivity index (χ0) is 15.5. The fraction of sp³-hybridized carbons (Fsp3) is 0.368. The van der Waals surface area contributed by atoms with Crippen LogP contribution in [0, 0.1) is 0 Å². The van der Waals surface area contributed by atoms with E-state index < -0.39 is 0 Å². The zero-order valence-corrected chi connectivity index (χ0v) is 13.6. The minimum atomic E-state index is 0.0938. The smallest absolute Gasteiger partial charge is 0.143 e. The maximum Gasteiger partial charge on any atom is 0.143 e. The summed E-state index contributed by atoms with van der Waals surface area (Å²) >= 11 is 0. The molecule has 0 aromatic heterocycles. The lowest BCUT2D eigenvalue weighted by Gasteiger charge is -2.24. The van der Waals surface area contributed by atoms with Crippen LogP contribution in [0.2, 0.25) is 0 Å². The topological polar surface area (TPSA) is 15.7 Å². The minimum absolute atomic E-state index is 0.0938. The molecule has 1 aliphatic rings. The van der Waals surface area contributed by atoms with Gasteiger partial charge in [0, 0.05) is 30.8 Å². The van der Waals surface area contributed by atoms with Gasteiger partial charge in [-0.3, -0.25) is 0 Å². The van der Waals surface area contributed by atoms with Gasteiger partial charge in [0.1, 0.15) is 11.9 Å². The normalized spacial score (nSPS) is 16.7. The number of anilines is 2. The van der Waals surface area contributed by atoms with E-state index in [0.29, 0.717) is 0 Å². The van der Waals surface area contributed by atoms with Gasteiger partial charge in [0.2, 0.25) is 0 Å². The SMILES string of the molecule is CCN1c2ccccc2OC(CCN(C)C)c2ccccc21. The number of rotatable bonds is 4. The molecule has 0 saturated carbocycles. The van der Waals surface area contributed by atoms with Crippen LogP contribution in [-0.4, -0.2) is 32.1 Å². The highest BCUT2D eigenvalue weighted by Gasteiger charge is 2.26. The van der Waals surface area contributed by atoms with Crippen molar-refractivity contribution in [2.45, 2.75) is 19.4 Å². The Morgan fingerprint density at radius 2 is 1.68 bits per heavy atom.